The van der Waals surface area contributed by atoms with Gasteiger partial charge >= 0.3 is 0 Å². The second-order valence-corrected chi connectivity index (χ2v) is 6.52. The molecule has 3 rings (SSSR count). The molecule has 0 bridgehead atoms. The fraction of sp³-hybridized carbons (Fsp3) is 0.938. The maximum Gasteiger partial charge on any atom is 0.226 e. The van der Waals surface area contributed by atoms with Crippen LogP contribution in [0.25, 0.3) is 0 Å². The molecule has 0 aromatic carbocycles. The molecule has 6 heteroatoms. The average Bonchev–Trinajstić information content (AvgIpc) is 3.11. The summed E-state index contributed by atoms with van der Waals surface area (Å²) in [5.74, 6) is 0.518. The molecule has 0 spiro atoms. The Bertz CT molecular complexity index is 349. The van der Waals surface area contributed by atoms with Crippen LogP contribution in [0.5, 0.6) is 0 Å². The molecule has 1 unspecified atom stereocenters. The molecule has 0 aliphatic carbocycles. The summed E-state index contributed by atoms with van der Waals surface area (Å²) in [5.41, 5.74) is 0. The van der Waals surface area contributed by atoms with Gasteiger partial charge in [0, 0.05) is 57.9 Å². The van der Waals surface area contributed by atoms with Gasteiger partial charge in [-0.05, 0) is 25.8 Å². The van der Waals surface area contributed by atoms with Gasteiger partial charge in [-0.25, -0.2) is 0 Å². The smallest absolute Gasteiger partial charge is 0.226 e. The second kappa shape index (κ2) is 8.24. The molecule has 1 N–H and O–H groups in total. The highest BCUT2D eigenvalue weighted by Gasteiger charge is 2.32. The minimum Gasteiger partial charge on any atom is -0.381 e. The zero-order valence-electron chi connectivity index (χ0n) is 13.5. The van der Waals surface area contributed by atoms with Gasteiger partial charge in [0.2, 0.25) is 5.91 Å². The van der Waals surface area contributed by atoms with Gasteiger partial charge in [0.1, 0.15) is 0 Å². The maximum atomic E-state index is 13.0. The Morgan fingerprint density at radius 3 is 2.50 bits per heavy atom. The van der Waals surface area contributed by atoms with E-state index in [-0.39, 0.29) is 5.92 Å². The van der Waals surface area contributed by atoms with Crippen LogP contribution in [-0.4, -0.2) is 87.4 Å². The van der Waals surface area contributed by atoms with E-state index in [1.807, 2.05) is 0 Å². The lowest BCUT2D eigenvalue weighted by Gasteiger charge is -2.35. The summed E-state index contributed by atoms with van der Waals surface area (Å²) in [6, 6.07) is 0.372. The first-order valence-electron chi connectivity index (χ1n) is 8.73. The van der Waals surface area contributed by atoms with Crippen LogP contribution in [0.1, 0.15) is 19.3 Å². The lowest BCUT2D eigenvalue weighted by molar-refractivity contribution is -0.141. The van der Waals surface area contributed by atoms with Crippen LogP contribution in [0.4, 0.5) is 0 Å². The molecule has 126 valence electrons. The predicted molar refractivity (Wildman–Crippen MR) is 83.8 cm³/mol. The van der Waals surface area contributed by atoms with E-state index in [0.717, 1.165) is 85.0 Å². The summed E-state index contributed by atoms with van der Waals surface area (Å²) in [4.78, 5) is 17.5. The first-order valence-corrected chi connectivity index (χ1v) is 8.73. The number of rotatable bonds is 5. The largest absolute Gasteiger partial charge is 0.381 e. The highest BCUT2D eigenvalue weighted by atomic mass is 16.5. The van der Waals surface area contributed by atoms with E-state index in [1.165, 1.54) is 0 Å². The number of amides is 1. The van der Waals surface area contributed by atoms with E-state index in [4.69, 9.17) is 9.47 Å². The Balaban J connectivity index is 1.57. The molecule has 0 aromatic heterocycles. The minimum atomic E-state index is 0.166. The second-order valence-electron chi connectivity index (χ2n) is 6.52. The molecule has 3 heterocycles. The van der Waals surface area contributed by atoms with Crippen LogP contribution >= 0.6 is 0 Å². The Morgan fingerprint density at radius 2 is 1.82 bits per heavy atom. The number of nitrogens with zero attached hydrogens (tertiary/aromatic N) is 2. The first kappa shape index (κ1) is 16.2. The number of carbonyl (C=O) groups is 1. The molecule has 3 aliphatic rings. The topological polar surface area (TPSA) is 54.0 Å². The number of hydrogen-bond acceptors (Lipinski definition) is 5. The van der Waals surface area contributed by atoms with Crippen molar-refractivity contribution >= 4 is 5.91 Å². The van der Waals surface area contributed by atoms with Crippen LogP contribution in [-0.2, 0) is 14.3 Å². The molecule has 6 nitrogen and oxygen atoms in total. The SMILES string of the molecule is O=C(C1CCOCC1)N(CCN1CCOCC1)C1CCNC1. The van der Waals surface area contributed by atoms with E-state index >= 15 is 0 Å². The van der Waals surface area contributed by atoms with Crippen molar-refractivity contribution in [1.29, 1.82) is 0 Å². The normalized spacial score (nSPS) is 27.9. The molecule has 3 fully saturated rings. The Labute approximate surface area is 133 Å². The van der Waals surface area contributed by atoms with E-state index in [1.54, 1.807) is 0 Å². The number of hydrogen-bond donors (Lipinski definition) is 1. The summed E-state index contributed by atoms with van der Waals surface area (Å²) >= 11 is 0. The number of morpholine rings is 1. The molecule has 1 atom stereocenters. The third kappa shape index (κ3) is 4.19. The molecule has 3 aliphatic heterocycles. The molecule has 0 aromatic rings. The highest BCUT2D eigenvalue weighted by molar-refractivity contribution is 5.79. The summed E-state index contributed by atoms with van der Waals surface area (Å²) in [5, 5.41) is 3.40. The molecular weight excluding hydrogens is 282 g/mol. The Kier molecular flexibility index (Phi) is 6.06. The number of carbonyl (C=O) groups excluding carboxylic acids is 1. The van der Waals surface area contributed by atoms with Gasteiger partial charge < -0.3 is 19.7 Å². The van der Waals surface area contributed by atoms with E-state index < -0.39 is 0 Å². The van der Waals surface area contributed by atoms with Crippen molar-refractivity contribution in [2.45, 2.75) is 25.3 Å². The van der Waals surface area contributed by atoms with Gasteiger partial charge in [-0.15, -0.1) is 0 Å². The number of ether oxygens (including phenoxy) is 2. The minimum absolute atomic E-state index is 0.166. The first-order chi connectivity index (χ1) is 10.8. The van der Waals surface area contributed by atoms with E-state index in [0.29, 0.717) is 11.9 Å². The molecule has 22 heavy (non-hydrogen) atoms. The molecular formula is C16H29N3O3. The van der Waals surface area contributed by atoms with Crippen LogP contribution < -0.4 is 5.32 Å². The van der Waals surface area contributed by atoms with Crippen molar-refractivity contribution in [1.82, 2.24) is 15.1 Å². The molecule has 0 radical (unpaired) electrons. The van der Waals surface area contributed by atoms with Gasteiger partial charge in [0.25, 0.3) is 0 Å². The monoisotopic (exact) mass is 311 g/mol. The van der Waals surface area contributed by atoms with Crippen LogP contribution in [0.15, 0.2) is 0 Å². The van der Waals surface area contributed by atoms with Gasteiger partial charge in [-0.3, -0.25) is 9.69 Å². The highest BCUT2D eigenvalue weighted by Crippen LogP contribution is 2.21. The zero-order chi connectivity index (χ0) is 15.2. The van der Waals surface area contributed by atoms with Crippen molar-refractivity contribution in [3.05, 3.63) is 0 Å². The van der Waals surface area contributed by atoms with Gasteiger partial charge in [0.15, 0.2) is 0 Å². The fourth-order valence-corrected chi connectivity index (χ4v) is 3.63. The number of nitrogens with one attached hydrogen (secondary N) is 1. The van der Waals surface area contributed by atoms with Crippen molar-refractivity contribution in [2.75, 3.05) is 65.7 Å². The third-order valence-corrected chi connectivity index (χ3v) is 5.09. The van der Waals surface area contributed by atoms with Crippen LogP contribution in [0.2, 0.25) is 0 Å². The van der Waals surface area contributed by atoms with Crippen LogP contribution in [0, 0.1) is 5.92 Å². The summed E-state index contributed by atoms with van der Waals surface area (Å²) < 4.78 is 10.8. The maximum absolute atomic E-state index is 13.0. The summed E-state index contributed by atoms with van der Waals surface area (Å²) in [6.45, 7) is 8.87. The predicted octanol–water partition coefficient (Wildman–Crippen LogP) is -0.0643. The summed E-state index contributed by atoms with van der Waals surface area (Å²) in [7, 11) is 0. The van der Waals surface area contributed by atoms with Gasteiger partial charge in [-0.2, -0.15) is 0 Å². The average molecular weight is 311 g/mol. The van der Waals surface area contributed by atoms with Gasteiger partial charge in [0.05, 0.1) is 13.2 Å². The Hall–Kier alpha value is -0.690. The van der Waals surface area contributed by atoms with Crippen molar-refractivity contribution in [3.8, 4) is 0 Å². The zero-order valence-corrected chi connectivity index (χ0v) is 13.5. The summed E-state index contributed by atoms with van der Waals surface area (Å²) in [6.07, 6.45) is 2.85. The molecule has 3 saturated heterocycles. The van der Waals surface area contributed by atoms with E-state index in [2.05, 4.69) is 15.1 Å². The lowest BCUT2D eigenvalue weighted by atomic mass is 9.97. The van der Waals surface area contributed by atoms with Crippen LogP contribution in [0.3, 0.4) is 0 Å². The van der Waals surface area contributed by atoms with E-state index in [9.17, 15) is 4.79 Å². The third-order valence-electron chi connectivity index (χ3n) is 5.09. The lowest BCUT2D eigenvalue weighted by Crippen LogP contribution is -2.50. The molecule has 0 saturated carbocycles. The Morgan fingerprint density at radius 1 is 1.09 bits per heavy atom. The molecule has 1 amide bonds. The van der Waals surface area contributed by atoms with Crippen molar-refractivity contribution < 1.29 is 14.3 Å². The van der Waals surface area contributed by atoms with Crippen molar-refractivity contribution in [2.24, 2.45) is 5.92 Å². The van der Waals surface area contributed by atoms with Crippen molar-refractivity contribution in [3.63, 3.8) is 0 Å². The van der Waals surface area contributed by atoms with Gasteiger partial charge in [-0.1, -0.05) is 0 Å². The quantitative estimate of drug-likeness (QED) is 0.771. The fourth-order valence-electron chi connectivity index (χ4n) is 3.63. The standard InChI is InChI=1S/C16H29N3O3/c20-16(14-2-9-21-10-3-14)19(15-1-4-17-13-15)6-5-18-7-11-22-12-8-18/h14-15,17H,1-13H2.